The van der Waals surface area contributed by atoms with Crippen LogP contribution in [0.1, 0.15) is 16.8 Å². The van der Waals surface area contributed by atoms with Crippen molar-refractivity contribution in [1.82, 2.24) is 5.43 Å². The van der Waals surface area contributed by atoms with Gasteiger partial charge in [-0.05, 0) is 18.2 Å². The number of nitrogens with zero attached hydrogens (tertiary/aromatic N) is 1. The van der Waals surface area contributed by atoms with Gasteiger partial charge in [0.15, 0.2) is 0 Å². The van der Waals surface area contributed by atoms with E-state index in [0.717, 1.165) is 0 Å². The number of nitrogens with two attached hydrogens (primary N) is 1. The molecule has 6 nitrogen and oxygen atoms in total. The summed E-state index contributed by atoms with van der Waals surface area (Å²) < 4.78 is 0. The number of nitrogen functional groups attached to an aromatic ring is 1. The molecule has 84 valence electrons. The van der Waals surface area contributed by atoms with E-state index < -0.39 is 5.97 Å². The number of carbonyl (C=O) groups is 2. The van der Waals surface area contributed by atoms with E-state index in [1.54, 1.807) is 11.1 Å². The van der Waals surface area contributed by atoms with Gasteiger partial charge in [-0.25, -0.2) is 4.79 Å². The number of carbonyl (C=O) groups excluding carboxylic acids is 1. The van der Waals surface area contributed by atoms with Crippen LogP contribution < -0.4 is 16.2 Å². The molecule has 0 aliphatic carbocycles. The molecule has 1 amide bonds. The van der Waals surface area contributed by atoms with Crippen molar-refractivity contribution in [2.24, 2.45) is 0 Å². The molecule has 0 atom stereocenters. The summed E-state index contributed by atoms with van der Waals surface area (Å²) in [5.74, 6) is -1.13. The molecule has 1 saturated heterocycles. The second-order valence-electron chi connectivity index (χ2n) is 3.55. The van der Waals surface area contributed by atoms with Gasteiger partial charge in [-0.2, -0.15) is 0 Å². The van der Waals surface area contributed by atoms with Crippen molar-refractivity contribution >= 4 is 23.3 Å². The minimum Gasteiger partial charge on any atom is -0.478 e. The quantitative estimate of drug-likeness (QED) is 0.620. The molecule has 1 fully saturated rings. The van der Waals surface area contributed by atoms with Gasteiger partial charge in [-0.1, -0.05) is 0 Å². The van der Waals surface area contributed by atoms with Gasteiger partial charge in [0, 0.05) is 18.7 Å². The smallest absolute Gasteiger partial charge is 0.335 e. The standard InChI is InChI=1S/C10H11N3O3/c11-7-3-6(10(15)16)4-8(5-7)13-2-1-9(14)12-13/h3-5H,1-2,11H2,(H,12,14)(H,15,16). The Kier molecular flexibility index (Phi) is 2.40. The fraction of sp³-hybridized carbons (Fsp3) is 0.200. The van der Waals surface area contributed by atoms with Crippen molar-refractivity contribution in [2.75, 3.05) is 17.3 Å². The Hall–Kier alpha value is -2.24. The minimum absolute atomic E-state index is 0.0840. The summed E-state index contributed by atoms with van der Waals surface area (Å²) in [6.45, 7) is 0.515. The van der Waals surface area contributed by atoms with Gasteiger partial charge in [-0.3, -0.25) is 15.2 Å². The highest BCUT2D eigenvalue weighted by Gasteiger charge is 2.19. The normalized spacial score (nSPS) is 15.0. The van der Waals surface area contributed by atoms with Crippen LogP contribution in [-0.4, -0.2) is 23.5 Å². The Morgan fingerprint density at radius 3 is 2.75 bits per heavy atom. The minimum atomic E-state index is -1.04. The second kappa shape index (κ2) is 3.73. The van der Waals surface area contributed by atoms with Crippen molar-refractivity contribution in [2.45, 2.75) is 6.42 Å². The first kappa shape index (κ1) is 10.3. The molecule has 2 rings (SSSR count). The number of benzene rings is 1. The van der Waals surface area contributed by atoms with Crippen molar-refractivity contribution < 1.29 is 14.7 Å². The van der Waals surface area contributed by atoms with Crippen LogP contribution in [0.25, 0.3) is 0 Å². The zero-order chi connectivity index (χ0) is 11.7. The Balaban J connectivity index is 2.34. The Morgan fingerprint density at radius 2 is 2.19 bits per heavy atom. The van der Waals surface area contributed by atoms with Gasteiger partial charge in [0.2, 0.25) is 5.91 Å². The summed E-state index contributed by atoms with van der Waals surface area (Å²) in [5, 5.41) is 10.5. The second-order valence-corrected chi connectivity index (χ2v) is 3.55. The molecule has 0 saturated carbocycles. The molecular formula is C10H11N3O3. The highest BCUT2D eigenvalue weighted by atomic mass is 16.4. The molecule has 0 spiro atoms. The van der Waals surface area contributed by atoms with Gasteiger partial charge in [0.05, 0.1) is 11.3 Å². The van der Waals surface area contributed by atoms with Gasteiger partial charge in [0.25, 0.3) is 0 Å². The van der Waals surface area contributed by atoms with Crippen LogP contribution in [0, 0.1) is 0 Å². The van der Waals surface area contributed by atoms with E-state index in [2.05, 4.69) is 5.43 Å². The van der Waals surface area contributed by atoms with E-state index in [4.69, 9.17) is 10.8 Å². The van der Waals surface area contributed by atoms with Crippen LogP contribution in [-0.2, 0) is 4.79 Å². The first-order chi connectivity index (χ1) is 7.56. The third-order valence-corrected chi connectivity index (χ3v) is 2.32. The molecule has 1 heterocycles. The van der Waals surface area contributed by atoms with E-state index >= 15 is 0 Å². The number of rotatable bonds is 2. The molecular weight excluding hydrogens is 210 g/mol. The van der Waals surface area contributed by atoms with Gasteiger partial charge >= 0.3 is 5.97 Å². The average Bonchev–Trinajstić information content (AvgIpc) is 2.64. The summed E-state index contributed by atoms with van der Waals surface area (Å²) in [4.78, 5) is 21.9. The lowest BCUT2D eigenvalue weighted by molar-refractivity contribution is -0.119. The summed E-state index contributed by atoms with van der Waals surface area (Å²) in [5.41, 5.74) is 9.26. The number of nitrogens with one attached hydrogen (secondary N) is 1. The molecule has 6 heteroatoms. The van der Waals surface area contributed by atoms with E-state index in [1.165, 1.54) is 12.1 Å². The lowest BCUT2D eigenvalue weighted by Crippen LogP contribution is -2.33. The van der Waals surface area contributed by atoms with Crippen LogP contribution in [0.2, 0.25) is 0 Å². The molecule has 0 bridgehead atoms. The fourth-order valence-electron chi connectivity index (χ4n) is 1.58. The van der Waals surface area contributed by atoms with Crippen LogP contribution in [0.3, 0.4) is 0 Å². The molecule has 4 N–H and O–H groups in total. The summed E-state index contributed by atoms with van der Waals surface area (Å²) in [6.07, 6.45) is 0.400. The maximum atomic E-state index is 11.0. The molecule has 0 unspecified atom stereocenters. The zero-order valence-electron chi connectivity index (χ0n) is 8.43. The number of carboxylic acids is 1. The largest absolute Gasteiger partial charge is 0.478 e. The molecule has 0 aromatic heterocycles. The lowest BCUT2D eigenvalue weighted by Gasteiger charge is -2.18. The number of hydrogen-bond acceptors (Lipinski definition) is 4. The summed E-state index contributed by atoms with van der Waals surface area (Å²) in [6, 6.07) is 4.48. The molecule has 1 aliphatic rings. The van der Waals surface area contributed by atoms with Gasteiger partial charge in [-0.15, -0.1) is 0 Å². The Morgan fingerprint density at radius 1 is 1.44 bits per heavy atom. The maximum Gasteiger partial charge on any atom is 0.335 e. The first-order valence-corrected chi connectivity index (χ1v) is 4.77. The van der Waals surface area contributed by atoms with Gasteiger partial charge < -0.3 is 10.8 Å². The summed E-state index contributed by atoms with van der Waals surface area (Å²) in [7, 11) is 0. The Labute approximate surface area is 91.6 Å². The van der Waals surface area contributed by atoms with Crippen LogP contribution in [0.5, 0.6) is 0 Å². The van der Waals surface area contributed by atoms with Crippen LogP contribution in [0.4, 0.5) is 11.4 Å². The van der Waals surface area contributed by atoms with Crippen LogP contribution in [0.15, 0.2) is 18.2 Å². The number of carboxylic acid groups (broad SMARTS) is 1. The van der Waals surface area contributed by atoms with E-state index in [-0.39, 0.29) is 11.5 Å². The SMILES string of the molecule is Nc1cc(C(=O)O)cc(N2CCC(=O)N2)c1. The topological polar surface area (TPSA) is 95.7 Å². The zero-order valence-corrected chi connectivity index (χ0v) is 8.43. The molecule has 0 radical (unpaired) electrons. The number of aromatic carboxylic acids is 1. The predicted molar refractivity (Wildman–Crippen MR) is 57.9 cm³/mol. The molecule has 1 aromatic carbocycles. The summed E-state index contributed by atoms with van der Waals surface area (Å²) >= 11 is 0. The fourth-order valence-corrected chi connectivity index (χ4v) is 1.58. The number of hydrazine groups is 1. The van der Waals surface area contributed by atoms with Crippen molar-refractivity contribution in [1.29, 1.82) is 0 Å². The highest BCUT2D eigenvalue weighted by Crippen LogP contribution is 2.21. The van der Waals surface area contributed by atoms with E-state index in [1.807, 2.05) is 0 Å². The number of hydrogen-bond donors (Lipinski definition) is 3. The maximum absolute atomic E-state index is 11.0. The van der Waals surface area contributed by atoms with Crippen molar-refractivity contribution in [3.63, 3.8) is 0 Å². The van der Waals surface area contributed by atoms with E-state index in [9.17, 15) is 9.59 Å². The molecule has 1 aliphatic heterocycles. The number of amides is 1. The monoisotopic (exact) mass is 221 g/mol. The lowest BCUT2D eigenvalue weighted by atomic mass is 10.1. The first-order valence-electron chi connectivity index (χ1n) is 4.77. The molecule has 1 aromatic rings. The predicted octanol–water partition coefficient (Wildman–Crippen LogP) is 0.208. The third-order valence-electron chi connectivity index (χ3n) is 2.32. The Bertz CT molecular complexity index is 459. The van der Waals surface area contributed by atoms with E-state index in [0.29, 0.717) is 24.3 Å². The van der Waals surface area contributed by atoms with Crippen LogP contribution >= 0.6 is 0 Å². The number of anilines is 2. The van der Waals surface area contributed by atoms with Crippen molar-refractivity contribution in [3.05, 3.63) is 23.8 Å². The third kappa shape index (κ3) is 1.90. The molecule has 16 heavy (non-hydrogen) atoms. The average molecular weight is 221 g/mol. The van der Waals surface area contributed by atoms with Gasteiger partial charge in [0.1, 0.15) is 0 Å². The van der Waals surface area contributed by atoms with Crippen molar-refractivity contribution in [3.8, 4) is 0 Å². The highest BCUT2D eigenvalue weighted by molar-refractivity contribution is 5.91.